The predicted octanol–water partition coefficient (Wildman–Crippen LogP) is -0.192. The van der Waals surface area contributed by atoms with Gasteiger partial charge >= 0.3 is 5.97 Å². The summed E-state index contributed by atoms with van der Waals surface area (Å²) in [6, 6.07) is 3.46. The first-order valence-electron chi connectivity index (χ1n) is 6.02. The Morgan fingerprint density at radius 2 is 2.00 bits per heavy atom. The second kappa shape index (κ2) is 7.04. The van der Waals surface area contributed by atoms with Crippen LogP contribution in [0, 0.1) is 0 Å². The lowest BCUT2D eigenvalue weighted by Crippen LogP contribution is -2.35. The number of hydrogen-bond donors (Lipinski definition) is 3. The van der Waals surface area contributed by atoms with Crippen molar-refractivity contribution >= 4 is 21.9 Å². The van der Waals surface area contributed by atoms with Gasteiger partial charge < -0.3 is 15.2 Å². The normalized spacial score (nSPS) is 11.0. The molecule has 0 atom stereocenters. The van der Waals surface area contributed by atoms with Crippen LogP contribution in [0.5, 0.6) is 5.75 Å². The van der Waals surface area contributed by atoms with Crippen molar-refractivity contribution in [1.29, 1.82) is 0 Å². The van der Waals surface area contributed by atoms with Crippen LogP contribution in [0.2, 0.25) is 0 Å². The quantitative estimate of drug-likeness (QED) is 0.641. The number of hydrogen-bond acceptors (Lipinski definition) is 5. The lowest BCUT2D eigenvalue weighted by atomic mass is 10.2. The number of carboxylic acids is 1. The molecule has 0 heterocycles. The second-order valence-corrected chi connectivity index (χ2v) is 5.66. The molecule has 0 aliphatic carbocycles. The lowest BCUT2D eigenvalue weighted by molar-refractivity contribution is -0.119. The number of carbonyl (C=O) groups excluding carboxylic acids is 1. The maximum Gasteiger partial charge on any atom is 0.339 e. The van der Waals surface area contributed by atoms with Gasteiger partial charge in [0, 0.05) is 7.05 Å². The SMILES string of the molecule is CCOc1ccc(S(=O)(=O)NCC(=O)NC)cc1C(=O)O. The summed E-state index contributed by atoms with van der Waals surface area (Å²) >= 11 is 0. The maximum absolute atomic E-state index is 12.0. The Morgan fingerprint density at radius 1 is 1.33 bits per heavy atom. The van der Waals surface area contributed by atoms with Gasteiger partial charge in [0.15, 0.2) is 0 Å². The Morgan fingerprint density at radius 3 is 2.52 bits per heavy atom. The van der Waals surface area contributed by atoms with E-state index in [0.29, 0.717) is 0 Å². The van der Waals surface area contributed by atoms with E-state index in [-0.39, 0.29) is 22.8 Å². The summed E-state index contributed by atoms with van der Waals surface area (Å²) in [7, 11) is -2.61. The maximum atomic E-state index is 12.0. The van der Waals surface area contributed by atoms with Crippen LogP contribution in [0.15, 0.2) is 23.1 Å². The van der Waals surface area contributed by atoms with Crippen LogP contribution in [-0.2, 0) is 14.8 Å². The molecule has 0 saturated heterocycles. The van der Waals surface area contributed by atoms with Crippen LogP contribution >= 0.6 is 0 Å². The molecule has 0 fully saturated rings. The smallest absolute Gasteiger partial charge is 0.339 e. The molecule has 1 aromatic carbocycles. The molecule has 1 amide bonds. The van der Waals surface area contributed by atoms with Crippen LogP contribution in [0.1, 0.15) is 17.3 Å². The molecule has 0 saturated carbocycles. The topological polar surface area (TPSA) is 122 Å². The van der Waals surface area contributed by atoms with Crippen LogP contribution in [0.3, 0.4) is 0 Å². The zero-order valence-corrected chi connectivity index (χ0v) is 12.4. The summed E-state index contributed by atoms with van der Waals surface area (Å²) in [5.74, 6) is -1.74. The average Bonchev–Trinajstić information content (AvgIpc) is 2.45. The summed E-state index contributed by atoms with van der Waals surface area (Å²) in [6.07, 6.45) is 0. The Labute approximate surface area is 122 Å². The van der Waals surface area contributed by atoms with Gasteiger partial charge in [-0.2, -0.15) is 0 Å². The summed E-state index contributed by atoms with van der Waals surface area (Å²) in [5.41, 5.74) is -0.264. The van der Waals surface area contributed by atoms with Crippen molar-refractivity contribution in [3.05, 3.63) is 23.8 Å². The summed E-state index contributed by atoms with van der Waals surface area (Å²) in [4.78, 5) is 21.9. The van der Waals surface area contributed by atoms with E-state index in [1.165, 1.54) is 19.2 Å². The highest BCUT2D eigenvalue weighted by atomic mass is 32.2. The molecule has 0 bridgehead atoms. The van der Waals surface area contributed by atoms with E-state index in [1.807, 2.05) is 0 Å². The van der Waals surface area contributed by atoms with Gasteiger partial charge in [-0.25, -0.2) is 17.9 Å². The number of amides is 1. The van der Waals surface area contributed by atoms with Gasteiger partial charge in [0.2, 0.25) is 15.9 Å². The highest BCUT2D eigenvalue weighted by Crippen LogP contribution is 2.22. The largest absolute Gasteiger partial charge is 0.493 e. The molecular formula is C12H16N2O6S. The van der Waals surface area contributed by atoms with Crippen molar-refractivity contribution in [2.24, 2.45) is 0 Å². The fraction of sp³-hybridized carbons (Fsp3) is 0.333. The monoisotopic (exact) mass is 316 g/mol. The Balaban J connectivity index is 3.10. The van der Waals surface area contributed by atoms with Crippen molar-refractivity contribution in [2.45, 2.75) is 11.8 Å². The number of carboxylic acid groups (broad SMARTS) is 1. The van der Waals surface area contributed by atoms with Gasteiger partial charge in [-0.05, 0) is 25.1 Å². The predicted molar refractivity (Wildman–Crippen MR) is 73.8 cm³/mol. The molecule has 0 aromatic heterocycles. The molecule has 0 aliphatic heterocycles. The van der Waals surface area contributed by atoms with E-state index in [0.717, 1.165) is 6.07 Å². The molecular weight excluding hydrogens is 300 g/mol. The Hall–Kier alpha value is -2.13. The Bertz CT molecular complexity index is 641. The third-order valence-corrected chi connectivity index (χ3v) is 3.89. The van der Waals surface area contributed by atoms with Crippen molar-refractivity contribution < 1.29 is 27.9 Å². The standard InChI is InChI=1S/C12H16N2O6S/c1-3-20-10-5-4-8(6-9(10)12(16)17)21(18,19)14-7-11(15)13-2/h4-6,14H,3,7H2,1-2H3,(H,13,15)(H,16,17). The van der Waals surface area contributed by atoms with Crippen LogP contribution < -0.4 is 14.8 Å². The average molecular weight is 316 g/mol. The molecule has 8 nitrogen and oxygen atoms in total. The number of benzene rings is 1. The van der Waals surface area contributed by atoms with E-state index < -0.39 is 28.4 Å². The van der Waals surface area contributed by atoms with E-state index in [1.54, 1.807) is 6.92 Å². The summed E-state index contributed by atoms with van der Waals surface area (Å²) in [5, 5.41) is 11.3. The number of aromatic carboxylic acids is 1. The number of likely N-dealkylation sites (N-methyl/N-ethyl adjacent to an activating group) is 1. The van der Waals surface area contributed by atoms with Gasteiger partial charge in [-0.3, -0.25) is 4.79 Å². The number of ether oxygens (including phenoxy) is 1. The zero-order valence-electron chi connectivity index (χ0n) is 11.5. The van der Waals surface area contributed by atoms with E-state index in [9.17, 15) is 18.0 Å². The second-order valence-electron chi connectivity index (χ2n) is 3.89. The molecule has 1 aromatic rings. The minimum absolute atomic E-state index is 0.0789. The molecule has 116 valence electrons. The van der Waals surface area contributed by atoms with E-state index >= 15 is 0 Å². The first-order valence-corrected chi connectivity index (χ1v) is 7.50. The molecule has 0 unspecified atom stereocenters. The molecule has 21 heavy (non-hydrogen) atoms. The number of rotatable bonds is 7. The van der Waals surface area contributed by atoms with Crippen molar-refractivity contribution in [2.75, 3.05) is 20.2 Å². The van der Waals surface area contributed by atoms with Crippen LogP contribution in [0.25, 0.3) is 0 Å². The molecule has 1 rings (SSSR count). The van der Waals surface area contributed by atoms with Gasteiger partial charge in [-0.1, -0.05) is 0 Å². The number of sulfonamides is 1. The van der Waals surface area contributed by atoms with Gasteiger partial charge in [0.1, 0.15) is 11.3 Å². The van der Waals surface area contributed by atoms with Crippen molar-refractivity contribution in [3.63, 3.8) is 0 Å². The van der Waals surface area contributed by atoms with Gasteiger partial charge in [-0.15, -0.1) is 0 Å². The fourth-order valence-electron chi connectivity index (χ4n) is 1.46. The van der Waals surface area contributed by atoms with Crippen LogP contribution in [0.4, 0.5) is 0 Å². The molecule has 3 N–H and O–H groups in total. The van der Waals surface area contributed by atoms with E-state index in [2.05, 4.69) is 10.0 Å². The first-order chi connectivity index (χ1) is 9.81. The highest BCUT2D eigenvalue weighted by molar-refractivity contribution is 7.89. The Kier molecular flexibility index (Phi) is 5.68. The molecule has 9 heteroatoms. The number of carbonyl (C=O) groups is 2. The van der Waals surface area contributed by atoms with Crippen LogP contribution in [-0.4, -0.2) is 45.6 Å². The molecule has 0 spiro atoms. The van der Waals surface area contributed by atoms with Gasteiger partial charge in [0.25, 0.3) is 0 Å². The minimum atomic E-state index is -3.98. The first kappa shape index (κ1) is 16.9. The zero-order chi connectivity index (χ0) is 16.0. The molecule has 0 aliphatic rings. The summed E-state index contributed by atoms with van der Waals surface area (Å²) in [6.45, 7) is 1.50. The lowest BCUT2D eigenvalue weighted by Gasteiger charge is -2.10. The third kappa shape index (κ3) is 4.43. The van der Waals surface area contributed by atoms with Gasteiger partial charge in [0.05, 0.1) is 18.0 Å². The van der Waals surface area contributed by atoms with Crippen molar-refractivity contribution in [1.82, 2.24) is 10.0 Å². The van der Waals surface area contributed by atoms with Crippen molar-refractivity contribution in [3.8, 4) is 5.75 Å². The minimum Gasteiger partial charge on any atom is -0.493 e. The summed E-state index contributed by atoms with van der Waals surface area (Å²) < 4.78 is 31.1. The highest BCUT2D eigenvalue weighted by Gasteiger charge is 2.20. The van der Waals surface area contributed by atoms with E-state index in [4.69, 9.17) is 9.84 Å². The molecule has 0 radical (unpaired) electrons. The third-order valence-electron chi connectivity index (χ3n) is 2.49. The number of nitrogens with one attached hydrogen (secondary N) is 2. The fourth-order valence-corrected chi connectivity index (χ4v) is 2.47.